The summed E-state index contributed by atoms with van der Waals surface area (Å²) in [5.41, 5.74) is 0.442. The monoisotopic (exact) mass is 433 g/mol. The van der Waals surface area contributed by atoms with Crippen molar-refractivity contribution in [3.63, 3.8) is 0 Å². The second kappa shape index (κ2) is 9.64. The Morgan fingerprint density at radius 1 is 1.16 bits per heavy atom. The minimum atomic E-state index is -0.993. The predicted molar refractivity (Wildman–Crippen MR) is 115 cm³/mol. The third-order valence-electron chi connectivity index (χ3n) is 5.89. The Morgan fingerprint density at radius 3 is 2.35 bits per heavy atom. The molecule has 31 heavy (non-hydrogen) atoms. The van der Waals surface area contributed by atoms with E-state index in [1.165, 1.54) is 19.1 Å². The number of hydrogen-bond acceptors (Lipinski definition) is 7. The second-order valence-corrected chi connectivity index (χ2v) is 8.68. The lowest BCUT2D eigenvalue weighted by Gasteiger charge is -2.36. The van der Waals surface area contributed by atoms with Crippen molar-refractivity contribution in [2.45, 2.75) is 58.8 Å². The Hall–Kier alpha value is -2.68. The highest BCUT2D eigenvalue weighted by Gasteiger charge is 2.31. The molecule has 3 unspecified atom stereocenters. The van der Waals surface area contributed by atoms with Gasteiger partial charge in [-0.3, -0.25) is 14.9 Å². The third-order valence-corrected chi connectivity index (χ3v) is 5.89. The molecule has 2 aliphatic heterocycles. The van der Waals surface area contributed by atoms with Crippen LogP contribution in [0.3, 0.4) is 0 Å². The minimum absolute atomic E-state index is 0.0594. The highest BCUT2D eigenvalue weighted by atomic mass is 16.6. The van der Waals surface area contributed by atoms with Crippen molar-refractivity contribution in [2.75, 3.05) is 31.1 Å². The molecule has 0 N–H and O–H groups in total. The molecule has 2 heterocycles. The van der Waals surface area contributed by atoms with Gasteiger partial charge in [0.2, 0.25) is 0 Å². The zero-order valence-corrected chi connectivity index (χ0v) is 18.6. The average Bonchev–Trinajstić information content (AvgIpc) is 2.72. The van der Waals surface area contributed by atoms with E-state index in [0.29, 0.717) is 24.7 Å². The van der Waals surface area contributed by atoms with Gasteiger partial charge in [-0.05, 0) is 51.7 Å². The molecule has 9 heteroatoms. The van der Waals surface area contributed by atoms with E-state index in [-0.39, 0.29) is 29.4 Å². The van der Waals surface area contributed by atoms with Gasteiger partial charge in [0.1, 0.15) is 5.69 Å². The molecule has 0 aromatic heterocycles. The van der Waals surface area contributed by atoms with Gasteiger partial charge in [0.25, 0.3) is 11.6 Å². The zero-order chi connectivity index (χ0) is 22.7. The molecule has 0 bridgehead atoms. The van der Waals surface area contributed by atoms with Crippen LogP contribution in [0.4, 0.5) is 11.4 Å². The molecule has 3 atom stereocenters. The van der Waals surface area contributed by atoms with Crippen molar-refractivity contribution in [3.05, 3.63) is 33.9 Å². The number of piperidine rings is 1. The fourth-order valence-electron chi connectivity index (χ4n) is 4.21. The molecule has 2 fully saturated rings. The summed E-state index contributed by atoms with van der Waals surface area (Å²) in [4.78, 5) is 40.1. The van der Waals surface area contributed by atoms with E-state index >= 15 is 0 Å². The summed E-state index contributed by atoms with van der Waals surface area (Å²) < 4.78 is 11.0. The van der Waals surface area contributed by atoms with Gasteiger partial charge in [-0.2, -0.15) is 0 Å². The SMILES string of the molecule is CC1CCN(c2ccc(C(=O)OC(C)C(=O)N3CC(C)OC(C)C3)cc2[N+](=O)[O-])CC1. The summed E-state index contributed by atoms with van der Waals surface area (Å²) >= 11 is 0. The van der Waals surface area contributed by atoms with Crippen molar-refractivity contribution in [2.24, 2.45) is 5.92 Å². The van der Waals surface area contributed by atoms with Gasteiger partial charge in [0.05, 0.1) is 22.7 Å². The van der Waals surface area contributed by atoms with Crippen molar-refractivity contribution in [1.82, 2.24) is 4.90 Å². The van der Waals surface area contributed by atoms with Crippen LogP contribution in [0.25, 0.3) is 0 Å². The van der Waals surface area contributed by atoms with Gasteiger partial charge >= 0.3 is 5.97 Å². The first kappa shape index (κ1) is 23.0. The topological polar surface area (TPSA) is 102 Å². The molecule has 0 spiro atoms. The minimum Gasteiger partial charge on any atom is -0.449 e. The van der Waals surface area contributed by atoms with Crippen molar-refractivity contribution in [1.29, 1.82) is 0 Å². The van der Waals surface area contributed by atoms with Crippen LogP contribution in [0, 0.1) is 16.0 Å². The van der Waals surface area contributed by atoms with Crippen LogP contribution in [-0.4, -0.2) is 66.2 Å². The second-order valence-electron chi connectivity index (χ2n) is 8.68. The number of hydrogen-bond donors (Lipinski definition) is 0. The van der Waals surface area contributed by atoms with Gasteiger partial charge in [0.15, 0.2) is 6.10 Å². The zero-order valence-electron chi connectivity index (χ0n) is 18.6. The van der Waals surface area contributed by atoms with Crippen LogP contribution in [0.5, 0.6) is 0 Å². The molecule has 170 valence electrons. The average molecular weight is 434 g/mol. The maximum absolute atomic E-state index is 12.7. The number of carbonyl (C=O) groups is 2. The van der Waals surface area contributed by atoms with Crippen molar-refractivity contribution < 1.29 is 24.0 Å². The summed E-state index contributed by atoms with van der Waals surface area (Å²) in [5.74, 6) is -0.456. The van der Waals surface area contributed by atoms with Crippen LogP contribution >= 0.6 is 0 Å². The number of nitro benzene ring substituents is 1. The van der Waals surface area contributed by atoms with Crippen molar-refractivity contribution >= 4 is 23.3 Å². The van der Waals surface area contributed by atoms with Crippen molar-refractivity contribution in [3.8, 4) is 0 Å². The number of carbonyl (C=O) groups excluding carboxylic acids is 2. The maximum atomic E-state index is 12.7. The van der Waals surface area contributed by atoms with Gasteiger partial charge < -0.3 is 19.3 Å². The Balaban J connectivity index is 1.70. The summed E-state index contributed by atoms with van der Waals surface area (Å²) in [6, 6.07) is 4.37. The molecule has 0 radical (unpaired) electrons. The van der Waals surface area contributed by atoms with Gasteiger partial charge in [-0.25, -0.2) is 4.79 Å². The molecule has 3 rings (SSSR count). The Morgan fingerprint density at radius 2 is 1.77 bits per heavy atom. The Kier molecular flexibility index (Phi) is 7.15. The molecule has 1 aromatic carbocycles. The van der Waals surface area contributed by atoms with Crippen LogP contribution in [0.2, 0.25) is 0 Å². The molecule has 1 aromatic rings. The summed E-state index contributed by atoms with van der Waals surface area (Å²) in [6.45, 7) is 9.81. The van der Waals surface area contributed by atoms with E-state index in [9.17, 15) is 19.7 Å². The summed E-state index contributed by atoms with van der Waals surface area (Å²) in [5, 5.41) is 11.7. The molecule has 0 aliphatic carbocycles. The van der Waals surface area contributed by atoms with Crippen LogP contribution in [0.1, 0.15) is 50.9 Å². The molecule has 2 aliphatic rings. The fourth-order valence-corrected chi connectivity index (χ4v) is 4.21. The lowest BCUT2D eigenvalue weighted by Crippen LogP contribution is -2.51. The predicted octanol–water partition coefficient (Wildman–Crippen LogP) is 3.01. The highest BCUT2D eigenvalue weighted by Crippen LogP contribution is 2.32. The van der Waals surface area contributed by atoms with Crippen LogP contribution in [0.15, 0.2) is 18.2 Å². The van der Waals surface area contributed by atoms with Gasteiger partial charge in [-0.1, -0.05) is 6.92 Å². The van der Waals surface area contributed by atoms with E-state index in [2.05, 4.69) is 6.92 Å². The smallest absolute Gasteiger partial charge is 0.339 e. The number of amides is 1. The standard InChI is InChI=1S/C22H31N3O6/c1-14-7-9-23(10-8-14)19-6-5-18(11-20(19)25(28)29)22(27)31-17(4)21(26)24-12-15(2)30-16(3)13-24/h5-6,11,14-17H,7-10,12-13H2,1-4H3. The van der Waals surface area contributed by atoms with E-state index in [1.54, 1.807) is 11.0 Å². The number of nitrogens with zero attached hydrogens (tertiary/aromatic N) is 3. The maximum Gasteiger partial charge on any atom is 0.339 e. The first-order valence-electron chi connectivity index (χ1n) is 10.8. The van der Waals surface area contributed by atoms with Crippen LogP contribution < -0.4 is 4.90 Å². The van der Waals surface area contributed by atoms with E-state index in [1.807, 2.05) is 18.7 Å². The van der Waals surface area contributed by atoms with Gasteiger partial charge in [-0.15, -0.1) is 0 Å². The first-order chi connectivity index (χ1) is 14.7. The van der Waals surface area contributed by atoms with E-state index in [4.69, 9.17) is 9.47 Å². The third kappa shape index (κ3) is 5.52. The molecule has 2 saturated heterocycles. The number of morpholine rings is 1. The number of ether oxygens (including phenoxy) is 2. The number of benzene rings is 1. The molecular formula is C22H31N3O6. The summed E-state index contributed by atoms with van der Waals surface area (Å²) in [6.07, 6.45) is 0.762. The number of esters is 1. The number of anilines is 1. The Labute approximate surface area is 182 Å². The quantitative estimate of drug-likeness (QED) is 0.399. The highest BCUT2D eigenvalue weighted by molar-refractivity contribution is 5.93. The molecule has 1 amide bonds. The number of nitro groups is 1. The Bertz CT molecular complexity index is 827. The number of rotatable bonds is 5. The first-order valence-corrected chi connectivity index (χ1v) is 10.8. The van der Waals surface area contributed by atoms with E-state index in [0.717, 1.165) is 25.9 Å². The molecule has 0 saturated carbocycles. The summed E-state index contributed by atoms with van der Waals surface area (Å²) in [7, 11) is 0. The lowest BCUT2D eigenvalue weighted by atomic mass is 9.98. The normalized spacial score (nSPS) is 23.4. The molecule has 9 nitrogen and oxygen atoms in total. The lowest BCUT2D eigenvalue weighted by molar-refractivity contribution is -0.384. The van der Waals surface area contributed by atoms with Crippen LogP contribution in [-0.2, 0) is 14.3 Å². The van der Waals surface area contributed by atoms with Gasteiger partial charge in [0, 0.05) is 32.2 Å². The van der Waals surface area contributed by atoms with E-state index < -0.39 is 17.0 Å². The largest absolute Gasteiger partial charge is 0.449 e. The molecular weight excluding hydrogens is 402 g/mol. The fraction of sp³-hybridized carbons (Fsp3) is 0.636.